The summed E-state index contributed by atoms with van der Waals surface area (Å²) >= 11 is 0. The lowest BCUT2D eigenvalue weighted by Gasteiger charge is -2.26. The Hall–Kier alpha value is -1.58. The molecule has 1 aliphatic carbocycles. The molecule has 0 bridgehead atoms. The summed E-state index contributed by atoms with van der Waals surface area (Å²) < 4.78 is 14.7. The maximum Gasteiger partial charge on any atom is 0.326 e. The number of rotatable bonds is 1. The van der Waals surface area contributed by atoms with Crippen molar-refractivity contribution >= 4 is 11.0 Å². The van der Waals surface area contributed by atoms with E-state index in [4.69, 9.17) is 0 Å². The second kappa shape index (κ2) is 2.95. The number of halogens is 1. The molecule has 1 aliphatic rings. The van der Waals surface area contributed by atoms with Crippen LogP contribution < -0.4 is 5.69 Å². The summed E-state index contributed by atoms with van der Waals surface area (Å²) in [4.78, 5) is 14.4. The van der Waals surface area contributed by atoms with E-state index in [1.54, 1.807) is 10.6 Å². The Morgan fingerprint density at radius 2 is 2.20 bits per heavy atom. The van der Waals surface area contributed by atoms with Crippen LogP contribution in [0.25, 0.3) is 11.0 Å². The number of imidazole rings is 1. The minimum absolute atomic E-state index is 0.125. The van der Waals surface area contributed by atoms with Crippen molar-refractivity contribution in [2.24, 2.45) is 0 Å². The van der Waals surface area contributed by atoms with Gasteiger partial charge in [-0.15, -0.1) is 0 Å². The van der Waals surface area contributed by atoms with Crippen molar-refractivity contribution in [3.05, 3.63) is 34.5 Å². The summed E-state index contributed by atoms with van der Waals surface area (Å²) in [5, 5.41) is 0. The highest BCUT2D eigenvalue weighted by Crippen LogP contribution is 2.32. The number of nitrogens with zero attached hydrogens (tertiary/aromatic N) is 1. The first kappa shape index (κ1) is 8.71. The monoisotopic (exact) mass is 206 g/mol. The molecule has 1 aromatic heterocycles. The van der Waals surface area contributed by atoms with E-state index in [2.05, 4.69) is 4.98 Å². The van der Waals surface area contributed by atoms with Crippen molar-refractivity contribution in [2.45, 2.75) is 25.3 Å². The fourth-order valence-electron chi connectivity index (χ4n) is 2.11. The lowest BCUT2D eigenvalue weighted by Crippen LogP contribution is -2.26. The number of aromatic amines is 1. The molecule has 1 aromatic carbocycles. The third-order valence-corrected chi connectivity index (χ3v) is 3.12. The third-order valence-electron chi connectivity index (χ3n) is 3.12. The van der Waals surface area contributed by atoms with Crippen LogP contribution in [0, 0.1) is 5.82 Å². The molecule has 2 aromatic rings. The standard InChI is InChI=1S/C11H11FN2O/c12-7-4-5-10-9(6-7)13-11(15)14(10)8-2-1-3-8/h4-6,8H,1-3H2,(H,13,15). The maximum atomic E-state index is 12.9. The number of H-pyrrole nitrogens is 1. The lowest BCUT2D eigenvalue weighted by atomic mass is 9.93. The van der Waals surface area contributed by atoms with Crippen molar-refractivity contribution in [3.8, 4) is 0 Å². The van der Waals surface area contributed by atoms with Crippen LogP contribution in [-0.2, 0) is 0 Å². The molecule has 3 nitrogen and oxygen atoms in total. The van der Waals surface area contributed by atoms with E-state index in [-0.39, 0.29) is 11.5 Å². The molecular formula is C11H11FN2O. The molecule has 4 heteroatoms. The van der Waals surface area contributed by atoms with E-state index in [0.717, 1.165) is 18.4 Å². The highest BCUT2D eigenvalue weighted by atomic mass is 19.1. The summed E-state index contributed by atoms with van der Waals surface area (Å²) in [5.41, 5.74) is 1.28. The SMILES string of the molecule is O=c1[nH]c2cc(F)ccc2n1C1CCC1. The van der Waals surface area contributed by atoms with Gasteiger partial charge in [0.05, 0.1) is 11.0 Å². The first-order chi connectivity index (χ1) is 7.25. The molecule has 0 spiro atoms. The summed E-state index contributed by atoms with van der Waals surface area (Å²) in [6, 6.07) is 4.73. The number of fused-ring (bicyclic) bond motifs is 1. The van der Waals surface area contributed by atoms with Gasteiger partial charge in [-0.3, -0.25) is 4.57 Å². The Bertz CT molecular complexity index is 565. The van der Waals surface area contributed by atoms with Gasteiger partial charge >= 0.3 is 5.69 Å². The quantitative estimate of drug-likeness (QED) is 0.763. The molecule has 0 amide bonds. The second-order valence-corrected chi connectivity index (χ2v) is 4.05. The Labute approximate surface area is 85.5 Å². The van der Waals surface area contributed by atoms with Crippen LogP contribution in [0.3, 0.4) is 0 Å². The fourth-order valence-corrected chi connectivity index (χ4v) is 2.11. The molecule has 1 N–H and O–H groups in total. The van der Waals surface area contributed by atoms with Crippen LogP contribution >= 0.6 is 0 Å². The molecule has 78 valence electrons. The molecule has 1 heterocycles. The number of aromatic nitrogens is 2. The Kier molecular flexibility index (Phi) is 1.71. The maximum absolute atomic E-state index is 12.9. The van der Waals surface area contributed by atoms with Crippen LogP contribution in [0.2, 0.25) is 0 Å². The number of hydrogen-bond donors (Lipinski definition) is 1. The van der Waals surface area contributed by atoms with E-state index in [1.807, 2.05) is 0 Å². The van der Waals surface area contributed by atoms with Crippen molar-refractivity contribution < 1.29 is 4.39 Å². The largest absolute Gasteiger partial charge is 0.326 e. The molecule has 0 unspecified atom stereocenters. The highest BCUT2D eigenvalue weighted by Gasteiger charge is 2.23. The Morgan fingerprint density at radius 1 is 1.40 bits per heavy atom. The Balaban J connectivity index is 2.27. The van der Waals surface area contributed by atoms with Crippen molar-refractivity contribution in [1.29, 1.82) is 0 Å². The molecule has 0 saturated heterocycles. The van der Waals surface area contributed by atoms with Gasteiger partial charge in [0.1, 0.15) is 5.82 Å². The third kappa shape index (κ3) is 1.21. The molecular weight excluding hydrogens is 195 g/mol. The van der Waals surface area contributed by atoms with Crippen LogP contribution in [0.1, 0.15) is 25.3 Å². The van der Waals surface area contributed by atoms with Crippen molar-refractivity contribution in [2.75, 3.05) is 0 Å². The number of hydrogen-bond acceptors (Lipinski definition) is 1. The number of benzene rings is 1. The van der Waals surface area contributed by atoms with Crippen molar-refractivity contribution in [1.82, 2.24) is 9.55 Å². The summed E-state index contributed by atoms with van der Waals surface area (Å²) in [6.07, 6.45) is 3.26. The van der Waals surface area contributed by atoms with E-state index >= 15 is 0 Å². The molecule has 1 fully saturated rings. The molecule has 3 rings (SSSR count). The van der Waals surface area contributed by atoms with E-state index < -0.39 is 0 Å². The second-order valence-electron chi connectivity index (χ2n) is 4.05. The van der Waals surface area contributed by atoms with Gasteiger partial charge in [0.2, 0.25) is 0 Å². The van der Waals surface area contributed by atoms with Gasteiger partial charge in [-0.1, -0.05) is 0 Å². The van der Waals surface area contributed by atoms with Gasteiger partial charge in [0, 0.05) is 6.04 Å². The average Bonchev–Trinajstić information content (AvgIpc) is 2.40. The van der Waals surface area contributed by atoms with Gasteiger partial charge in [-0.05, 0) is 37.5 Å². The van der Waals surface area contributed by atoms with E-state index in [0.29, 0.717) is 11.6 Å². The molecule has 0 radical (unpaired) electrons. The molecule has 0 atom stereocenters. The molecule has 1 saturated carbocycles. The zero-order chi connectivity index (χ0) is 10.4. The number of nitrogens with one attached hydrogen (secondary N) is 1. The van der Waals surface area contributed by atoms with Gasteiger partial charge in [-0.2, -0.15) is 0 Å². The average molecular weight is 206 g/mol. The molecule has 15 heavy (non-hydrogen) atoms. The minimum atomic E-state index is -0.315. The van der Waals surface area contributed by atoms with Gasteiger partial charge in [0.25, 0.3) is 0 Å². The van der Waals surface area contributed by atoms with Gasteiger partial charge in [-0.25, -0.2) is 9.18 Å². The normalized spacial score (nSPS) is 16.9. The van der Waals surface area contributed by atoms with Crippen LogP contribution in [0.5, 0.6) is 0 Å². The summed E-state index contributed by atoms with van der Waals surface area (Å²) in [7, 11) is 0. The zero-order valence-electron chi connectivity index (χ0n) is 8.16. The lowest BCUT2D eigenvalue weighted by molar-refractivity contribution is 0.314. The first-order valence-corrected chi connectivity index (χ1v) is 5.15. The predicted octanol–water partition coefficient (Wildman–Crippen LogP) is 2.19. The Morgan fingerprint density at radius 3 is 2.87 bits per heavy atom. The predicted molar refractivity (Wildman–Crippen MR) is 55.4 cm³/mol. The zero-order valence-corrected chi connectivity index (χ0v) is 8.16. The van der Waals surface area contributed by atoms with Gasteiger partial charge in [0.15, 0.2) is 0 Å². The topological polar surface area (TPSA) is 37.8 Å². The highest BCUT2D eigenvalue weighted by molar-refractivity contribution is 5.75. The van der Waals surface area contributed by atoms with E-state index in [1.165, 1.54) is 18.6 Å². The van der Waals surface area contributed by atoms with E-state index in [9.17, 15) is 9.18 Å². The van der Waals surface area contributed by atoms with Crippen molar-refractivity contribution in [3.63, 3.8) is 0 Å². The summed E-state index contributed by atoms with van der Waals surface area (Å²) in [5.74, 6) is -0.315. The summed E-state index contributed by atoms with van der Waals surface area (Å²) in [6.45, 7) is 0. The fraction of sp³-hybridized carbons (Fsp3) is 0.364. The van der Waals surface area contributed by atoms with Crippen LogP contribution in [0.15, 0.2) is 23.0 Å². The smallest absolute Gasteiger partial charge is 0.305 e. The van der Waals surface area contributed by atoms with Gasteiger partial charge < -0.3 is 4.98 Å². The van der Waals surface area contributed by atoms with Crippen LogP contribution in [-0.4, -0.2) is 9.55 Å². The molecule has 0 aliphatic heterocycles. The minimum Gasteiger partial charge on any atom is -0.305 e. The van der Waals surface area contributed by atoms with Crippen LogP contribution in [0.4, 0.5) is 4.39 Å². The first-order valence-electron chi connectivity index (χ1n) is 5.15.